The molecule has 0 saturated heterocycles. The van der Waals surface area contributed by atoms with Gasteiger partial charge in [0.25, 0.3) is 0 Å². The topological polar surface area (TPSA) is 60.7 Å². The highest BCUT2D eigenvalue weighted by molar-refractivity contribution is 14.1. The molecule has 3 nitrogen and oxygen atoms in total. The molecule has 3 atom stereocenters. The zero-order valence-electron chi connectivity index (χ0n) is 18.7. The molecule has 34 heavy (non-hydrogen) atoms. The van der Waals surface area contributed by atoms with Crippen LogP contribution in [0.5, 0.6) is 11.5 Å². The Bertz CT molecular complexity index is 1170. The van der Waals surface area contributed by atoms with Crippen molar-refractivity contribution >= 4 is 67.8 Å². The van der Waals surface area contributed by atoms with Crippen LogP contribution in [-0.2, 0) is 12.8 Å². The summed E-state index contributed by atoms with van der Waals surface area (Å²) in [6.45, 7) is 0. The third-order valence-corrected chi connectivity index (χ3v) is 11.4. The van der Waals surface area contributed by atoms with Crippen LogP contribution in [0.15, 0.2) is 57.9 Å². The maximum absolute atomic E-state index is 11.4. The van der Waals surface area contributed by atoms with Gasteiger partial charge in [-0.15, -0.1) is 0 Å². The summed E-state index contributed by atoms with van der Waals surface area (Å²) in [4.78, 5) is 2.16. The highest BCUT2D eigenvalue weighted by atomic mass is 127. The molecule has 0 aromatic heterocycles. The molecule has 4 rings (SSSR count). The Kier molecular flexibility index (Phi) is 9.55. The smallest absolute Gasteiger partial charge is 0.313 e. The predicted octanol–water partition coefficient (Wildman–Crippen LogP) is 4.74. The number of aliphatic hydroxyl groups excluding tert-OH is 1. The number of hydrogen-bond donors (Lipinski definition) is 3. The molecule has 0 fully saturated rings. The Hall–Kier alpha value is -0.0200. The number of halogens is 4. The maximum Gasteiger partial charge on any atom is 0.313 e. The van der Waals surface area contributed by atoms with Crippen LogP contribution in [-0.4, -0.2) is 24.2 Å². The van der Waals surface area contributed by atoms with Gasteiger partial charge in [-0.25, -0.2) is 0 Å². The van der Waals surface area contributed by atoms with Crippen molar-refractivity contribution in [1.82, 2.24) is 0 Å². The summed E-state index contributed by atoms with van der Waals surface area (Å²) >= 11 is 6.56. The molecular weight excluding hydrogens is 880 g/mol. The molecule has 3 N–H and O–H groups in total. The third kappa shape index (κ3) is 6.27. The molecule has 2 aliphatic rings. The van der Waals surface area contributed by atoms with Gasteiger partial charge in [-0.05, 0) is 111 Å². The fourth-order valence-corrected chi connectivity index (χ4v) is 10.1. The normalized spacial score (nSPS) is 22.4. The van der Waals surface area contributed by atoms with Gasteiger partial charge in [0.1, 0.15) is 16.4 Å². The van der Waals surface area contributed by atoms with E-state index >= 15 is 0 Å². The summed E-state index contributed by atoms with van der Waals surface area (Å²) in [5.41, 5.74) is 4.33. The first-order valence-electron chi connectivity index (χ1n) is 11.2. The highest BCUT2D eigenvalue weighted by Gasteiger charge is 2.28. The van der Waals surface area contributed by atoms with Crippen molar-refractivity contribution in [3.8, 4) is 11.5 Å². The Labute approximate surface area is 252 Å². The SMILES string of the molecule is C[I+]c1cc(Cc2cc(C3C=CC=CC3)cc(CC3CC(I)=C(O)C(I)C3)c2O)cc(I)c1O. The number of aromatic hydroxyl groups is 2. The fourth-order valence-electron chi connectivity index (χ4n) is 4.69. The minimum absolute atomic E-state index is 0.134. The number of phenols is 2. The van der Waals surface area contributed by atoms with Crippen LogP contribution in [0.2, 0.25) is 0 Å². The van der Waals surface area contributed by atoms with Crippen LogP contribution in [0.25, 0.3) is 0 Å². The number of aliphatic hydroxyl groups is 1. The predicted molar refractivity (Wildman–Crippen MR) is 160 cm³/mol. The first kappa shape index (κ1) is 27.0. The van der Waals surface area contributed by atoms with Crippen LogP contribution in [0, 0.1) is 13.1 Å². The van der Waals surface area contributed by atoms with Crippen molar-refractivity contribution < 1.29 is 36.5 Å². The summed E-state index contributed by atoms with van der Waals surface area (Å²) in [6, 6.07) is 8.51. The molecule has 0 bridgehead atoms. The molecule has 0 spiro atoms. The average molecular weight is 907 g/mol. The molecule has 3 unspecified atom stereocenters. The molecule has 7 heteroatoms. The molecule has 180 valence electrons. The number of hydrogen-bond acceptors (Lipinski definition) is 3. The van der Waals surface area contributed by atoms with E-state index in [1.807, 2.05) is 6.07 Å². The van der Waals surface area contributed by atoms with Crippen molar-refractivity contribution in [2.45, 2.75) is 41.9 Å². The van der Waals surface area contributed by atoms with Gasteiger partial charge in [-0.3, -0.25) is 0 Å². The standard InChI is InChI=1S/C27H26I4O3/c1-31-24-12-16(11-23(30)27(24)34)8-20-14-18(17-5-3-2-4-6-17)13-19(25(20)32)7-15-9-21(28)26(33)22(29)10-15/h2-5,11-15,17,21H,6-10H2,1H3,(H2-,32,33,34)/p+1. The van der Waals surface area contributed by atoms with E-state index in [2.05, 4.69) is 115 Å². The van der Waals surface area contributed by atoms with Gasteiger partial charge >= 0.3 is 21.2 Å². The van der Waals surface area contributed by atoms with Crippen LogP contribution >= 0.6 is 67.8 Å². The van der Waals surface area contributed by atoms with Gasteiger partial charge in [-0.2, -0.15) is 0 Å². The minimum Gasteiger partial charge on any atom is -0.510 e. The average Bonchev–Trinajstić information content (AvgIpc) is 2.82. The lowest BCUT2D eigenvalue weighted by Crippen LogP contribution is -3.60. The molecule has 2 aliphatic carbocycles. The van der Waals surface area contributed by atoms with Crippen LogP contribution in [0.1, 0.15) is 47.4 Å². The summed E-state index contributed by atoms with van der Waals surface area (Å²) < 4.78 is 3.10. The lowest BCUT2D eigenvalue weighted by atomic mass is 9.83. The summed E-state index contributed by atoms with van der Waals surface area (Å²) in [6.07, 6.45) is 12.8. The second-order valence-electron chi connectivity index (χ2n) is 8.88. The van der Waals surface area contributed by atoms with Crippen molar-refractivity contribution in [1.29, 1.82) is 0 Å². The second kappa shape index (κ2) is 12.0. The van der Waals surface area contributed by atoms with E-state index in [1.165, 1.54) is 5.56 Å². The lowest BCUT2D eigenvalue weighted by Gasteiger charge is -2.27. The largest absolute Gasteiger partial charge is 0.510 e. The molecule has 2 aromatic rings. The Morgan fingerprint density at radius 1 is 1.00 bits per heavy atom. The number of alkyl halides is 2. The minimum atomic E-state index is -0.239. The second-order valence-corrected chi connectivity index (χ2v) is 15.1. The molecular formula is C27H27I4O3+. The van der Waals surface area contributed by atoms with Crippen LogP contribution in [0.3, 0.4) is 0 Å². The van der Waals surface area contributed by atoms with E-state index in [9.17, 15) is 15.3 Å². The van der Waals surface area contributed by atoms with Crippen molar-refractivity contribution in [2.75, 3.05) is 4.93 Å². The van der Waals surface area contributed by atoms with E-state index in [1.54, 1.807) is 0 Å². The first-order chi connectivity index (χ1) is 16.3. The van der Waals surface area contributed by atoms with Gasteiger partial charge < -0.3 is 15.3 Å². The molecule has 0 amide bonds. The quantitative estimate of drug-likeness (QED) is 0.291. The Balaban J connectivity index is 1.70. The summed E-state index contributed by atoms with van der Waals surface area (Å²) in [5.74, 6) is 2.04. The van der Waals surface area contributed by atoms with Gasteiger partial charge in [0, 0.05) is 15.9 Å². The van der Waals surface area contributed by atoms with E-state index in [0.29, 0.717) is 35.5 Å². The van der Waals surface area contributed by atoms with Crippen molar-refractivity contribution in [2.24, 2.45) is 5.92 Å². The number of phenolic OH excluding ortho intramolecular Hbond substituents is 2. The zero-order valence-corrected chi connectivity index (χ0v) is 27.4. The van der Waals surface area contributed by atoms with E-state index in [0.717, 1.165) is 53.1 Å². The van der Waals surface area contributed by atoms with E-state index in [4.69, 9.17) is 0 Å². The van der Waals surface area contributed by atoms with Gasteiger partial charge in [0.15, 0.2) is 5.75 Å². The molecule has 0 heterocycles. The van der Waals surface area contributed by atoms with Crippen LogP contribution < -0.4 is 21.2 Å². The third-order valence-electron chi connectivity index (χ3n) is 6.47. The number of allylic oxidation sites excluding steroid dienone is 6. The van der Waals surface area contributed by atoms with Crippen molar-refractivity contribution in [3.63, 3.8) is 0 Å². The first-order valence-corrected chi connectivity index (χ1v) is 17.8. The molecule has 0 saturated carbocycles. The maximum atomic E-state index is 11.4. The van der Waals surface area contributed by atoms with E-state index in [-0.39, 0.29) is 25.1 Å². The molecule has 0 aliphatic heterocycles. The highest BCUT2D eigenvalue weighted by Crippen LogP contribution is 2.40. The van der Waals surface area contributed by atoms with Crippen LogP contribution in [0.4, 0.5) is 0 Å². The van der Waals surface area contributed by atoms with E-state index < -0.39 is 0 Å². The number of rotatable bonds is 6. The molecule has 0 radical (unpaired) electrons. The van der Waals surface area contributed by atoms with Gasteiger partial charge in [-0.1, -0.05) is 59.0 Å². The van der Waals surface area contributed by atoms with Crippen molar-refractivity contribution in [3.05, 3.63) is 87.3 Å². The Morgan fingerprint density at radius 2 is 1.76 bits per heavy atom. The monoisotopic (exact) mass is 907 g/mol. The lowest BCUT2D eigenvalue weighted by molar-refractivity contribution is -0.598. The molecule has 2 aromatic carbocycles. The van der Waals surface area contributed by atoms with Gasteiger partial charge in [0.2, 0.25) is 3.57 Å². The summed E-state index contributed by atoms with van der Waals surface area (Å²) in [7, 11) is 0. The zero-order chi connectivity index (χ0) is 24.4. The summed E-state index contributed by atoms with van der Waals surface area (Å²) in [5, 5.41) is 32.1. The fraction of sp³-hybridized carbons (Fsp3) is 0.333. The number of benzene rings is 2. The Morgan fingerprint density at radius 3 is 2.44 bits per heavy atom. The van der Waals surface area contributed by atoms with Gasteiger partial charge in [0.05, 0.1) is 7.49 Å².